The van der Waals surface area contributed by atoms with Gasteiger partial charge < -0.3 is 15.4 Å². The van der Waals surface area contributed by atoms with Crippen molar-refractivity contribution in [3.8, 4) is 0 Å². The number of nitrogens with one attached hydrogen (secondary N) is 2. The summed E-state index contributed by atoms with van der Waals surface area (Å²) >= 11 is 0. The van der Waals surface area contributed by atoms with Crippen LogP contribution in [0.25, 0.3) is 0 Å². The second-order valence-electron chi connectivity index (χ2n) is 6.81. The van der Waals surface area contributed by atoms with E-state index in [1.54, 1.807) is 48.5 Å². The average Bonchev–Trinajstić information content (AvgIpc) is 2.74. The first-order valence-electron chi connectivity index (χ1n) is 9.43. The molecule has 0 aromatic heterocycles. The van der Waals surface area contributed by atoms with E-state index >= 15 is 0 Å². The van der Waals surface area contributed by atoms with Crippen molar-refractivity contribution >= 4 is 29.2 Å². The summed E-state index contributed by atoms with van der Waals surface area (Å²) in [7, 11) is 0. The van der Waals surface area contributed by atoms with Gasteiger partial charge in [0.25, 0.3) is 5.91 Å². The number of amides is 2. The third-order valence-electron chi connectivity index (χ3n) is 4.33. The predicted octanol–water partition coefficient (Wildman–Crippen LogP) is 4.49. The van der Waals surface area contributed by atoms with Gasteiger partial charge in [0.15, 0.2) is 0 Å². The lowest BCUT2D eigenvalue weighted by molar-refractivity contribution is -0.125. The van der Waals surface area contributed by atoms with E-state index in [0.29, 0.717) is 16.9 Å². The van der Waals surface area contributed by atoms with E-state index in [-0.39, 0.29) is 11.5 Å². The lowest BCUT2D eigenvalue weighted by atomic mass is 10.1. The summed E-state index contributed by atoms with van der Waals surface area (Å²) in [6.45, 7) is 3.36. The molecule has 2 amide bonds. The lowest BCUT2D eigenvalue weighted by Gasteiger charge is -2.18. The molecule has 0 fully saturated rings. The Hall–Kier alpha value is -3.93. The van der Waals surface area contributed by atoms with Crippen molar-refractivity contribution in [2.24, 2.45) is 0 Å². The van der Waals surface area contributed by atoms with Crippen LogP contribution in [-0.4, -0.2) is 17.8 Å². The van der Waals surface area contributed by atoms with Gasteiger partial charge in [0, 0.05) is 23.9 Å². The minimum Gasteiger partial charge on any atom is -0.444 e. The van der Waals surface area contributed by atoms with Gasteiger partial charge in [0.05, 0.1) is 5.56 Å². The molecule has 3 rings (SSSR count). The standard InChI is InChI=1S/C24H22N2O4/c1-16-8-12-21(13-9-16)26-23(28)22(18-6-4-3-5-7-18)30-24(29)19-10-14-20(15-11-19)25-17(2)27/h3-15,22H,1-2H3,(H,25,27)(H,26,28)/t22-/m1/s1. The van der Waals surface area contributed by atoms with Crippen molar-refractivity contribution < 1.29 is 19.1 Å². The summed E-state index contributed by atoms with van der Waals surface area (Å²) in [4.78, 5) is 36.7. The average molecular weight is 402 g/mol. The summed E-state index contributed by atoms with van der Waals surface area (Å²) in [6.07, 6.45) is -1.12. The molecule has 0 aliphatic carbocycles. The maximum Gasteiger partial charge on any atom is 0.339 e. The van der Waals surface area contributed by atoms with Crippen LogP contribution < -0.4 is 10.6 Å². The van der Waals surface area contributed by atoms with Crippen molar-refractivity contribution in [3.63, 3.8) is 0 Å². The Morgan fingerprint density at radius 3 is 1.93 bits per heavy atom. The Morgan fingerprint density at radius 1 is 0.767 bits per heavy atom. The molecule has 3 aromatic carbocycles. The molecule has 1 atom stereocenters. The minimum atomic E-state index is -1.12. The fraction of sp³-hybridized carbons (Fsp3) is 0.125. The van der Waals surface area contributed by atoms with Crippen LogP contribution in [0.2, 0.25) is 0 Å². The molecular formula is C24H22N2O4. The smallest absolute Gasteiger partial charge is 0.339 e. The lowest BCUT2D eigenvalue weighted by Crippen LogP contribution is -2.26. The number of ether oxygens (including phenoxy) is 1. The molecule has 0 aliphatic rings. The van der Waals surface area contributed by atoms with Crippen LogP contribution >= 0.6 is 0 Å². The minimum absolute atomic E-state index is 0.206. The van der Waals surface area contributed by atoms with Gasteiger partial charge in [-0.15, -0.1) is 0 Å². The molecule has 3 aromatic rings. The van der Waals surface area contributed by atoms with Crippen molar-refractivity contribution in [1.82, 2.24) is 0 Å². The number of hydrogen-bond acceptors (Lipinski definition) is 4. The normalized spacial score (nSPS) is 11.3. The Kier molecular flexibility index (Phi) is 6.60. The summed E-state index contributed by atoms with van der Waals surface area (Å²) in [5.74, 6) is -1.30. The van der Waals surface area contributed by atoms with E-state index in [0.717, 1.165) is 5.56 Å². The maximum absolute atomic E-state index is 12.9. The Balaban J connectivity index is 1.78. The Labute approximate surface area is 174 Å². The highest BCUT2D eigenvalue weighted by atomic mass is 16.5. The SMILES string of the molecule is CC(=O)Nc1ccc(C(=O)O[C@@H](C(=O)Nc2ccc(C)cc2)c2ccccc2)cc1. The fourth-order valence-electron chi connectivity index (χ4n) is 2.81. The van der Waals surface area contributed by atoms with Gasteiger partial charge in [-0.05, 0) is 43.3 Å². The third-order valence-corrected chi connectivity index (χ3v) is 4.33. The molecule has 30 heavy (non-hydrogen) atoms. The number of rotatable bonds is 6. The van der Waals surface area contributed by atoms with Crippen molar-refractivity contribution in [1.29, 1.82) is 0 Å². The number of carbonyl (C=O) groups excluding carboxylic acids is 3. The van der Waals surface area contributed by atoms with E-state index in [1.807, 2.05) is 25.1 Å². The maximum atomic E-state index is 12.9. The van der Waals surface area contributed by atoms with Crippen molar-refractivity contribution in [3.05, 3.63) is 95.6 Å². The molecule has 2 N–H and O–H groups in total. The van der Waals surface area contributed by atoms with Crippen molar-refractivity contribution in [2.75, 3.05) is 10.6 Å². The number of benzene rings is 3. The molecule has 0 saturated carbocycles. The zero-order valence-electron chi connectivity index (χ0n) is 16.7. The molecule has 0 heterocycles. The molecule has 6 nitrogen and oxygen atoms in total. The van der Waals surface area contributed by atoms with E-state index in [9.17, 15) is 14.4 Å². The van der Waals surface area contributed by atoms with Gasteiger partial charge in [-0.2, -0.15) is 0 Å². The van der Waals surface area contributed by atoms with Crippen LogP contribution in [0.1, 0.15) is 34.5 Å². The van der Waals surface area contributed by atoms with Gasteiger partial charge >= 0.3 is 5.97 Å². The number of carbonyl (C=O) groups is 3. The number of esters is 1. The highest BCUT2D eigenvalue weighted by Crippen LogP contribution is 2.22. The first-order chi connectivity index (χ1) is 14.4. The number of aryl methyl sites for hydroxylation is 1. The van der Waals surface area contributed by atoms with Gasteiger partial charge in [-0.1, -0.05) is 48.0 Å². The summed E-state index contributed by atoms with van der Waals surface area (Å²) in [6, 6.07) is 22.4. The van der Waals surface area contributed by atoms with Gasteiger partial charge in [0.1, 0.15) is 0 Å². The monoisotopic (exact) mass is 402 g/mol. The fourth-order valence-corrected chi connectivity index (χ4v) is 2.81. The van der Waals surface area contributed by atoms with Crippen LogP contribution in [0.3, 0.4) is 0 Å². The molecule has 0 bridgehead atoms. The summed E-state index contributed by atoms with van der Waals surface area (Å²) < 4.78 is 5.56. The van der Waals surface area contributed by atoms with Crippen LogP contribution in [0, 0.1) is 6.92 Å². The number of hydrogen-bond donors (Lipinski definition) is 2. The zero-order chi connectivity index (χ0) is 21.5. The van der Waals surface area contributed by atoms with Gasteiger partial charge in [-0.25, -0.2) is 4.79 Å². The first-order valence-corrected chi connectivity index (χ1v) is 9.43. The number of anilines is 2. The first kappa shape index (κ1) is 20.8. The highest BCUT2D eigenvalue weighted by molar-refractivity contribution is 5.98. The Bertz CT molecular complexity index is 1030. The van der Waals surface area contributed by atoms with E-state index in [1.165, 1.54) is 19.1 Å². The molecule has 0 aliphatic heterocycles. The van der Waals surface area contributed by atoms with E-state index < -0.39 is 18.0 Å². The second kappa shape index (κ2) is 9.52. The largest absolute Gasteiger partial charge is 0.444 e. The van der Waals surface area contributed by atoms with E-state index in [2.05, 4.69) is 10.6 Å². The summed E-state index contributed by atoms with van der Waals surface area (Å²) in [5.41, 5.74) is 3.08. The summed E-state index contributed by atoms with van der Waals surface area (Å²) in [5, 5.41) is 5.42. The third kappa shape index (κ3) is 5.54. The molecule has 0 spiro atoms. The zero-order valence-corrected chi connectivity index (χ0v) is 16.7. The molecule has 0 radical (unpaired) electrons. The molecule has 6 heteroatoms. The van der Waals surface area contributed by atoms with Crippen LogP contribution in [0.4, 0.5) is 11.4 Å². The van der Waals surface area contributed by atoms with Crippen LogP contribution in [0.15, 0.2) is 78.9 Å². The van der Waals surface area contributed by atoms with Gasteiger partial charge in [-0.3, -0.25) is 9.59 Å². The van der Waals surface area contributed by atoms with E-state index in [4.69, 9.17) is 4.74 Å². The molecule has 0 saturated heterocycles. The van der Waals surface area contributed by atoms with Crippen molar-refractivity contribution in [2.45, 2.75) is 20.0 Å². The highest BCUT2D eigenvalue weighted by Gasteiger charge is 2.25. The molecule has 0 unspecified atom stereocenters. The van der Waals surface area contributed by atoms with Crippen LogP contribution in [0.5, 0.6) is 0 Å². The van der Waals surface area contributed by atoms with Crippen LogP contribution in [-0.2, 0) is 14.3 Å². The Morgan fingerprint density at radius 2 is 1.33 bits per heavy atom. The predicted molar refractivity (Wildman–Crippen MR) is 115 cm³/mol. The second-order valence-corrected chi connectivity index (χ2v) is 6.81. The quantitative estimate of drug-likeness (QED) is 0.595. The molecular weight excluding hydrogens is 380 g/mol. The van der Waals surface area contributed by atoms with Gasteiger partial charge in [0.2, 0.25) is 12.0 Å². The molecule has 152 valence electrons. The topological polar surface area (TPSA) is 84.5 Å².